The van der Waals surface area contributed by atoms with E-state index >= 15 is 0 Å². The van der Waals surface area contributed by atoms with Crippen molar-refractivity contribution in [3.05, 3.63) is 23.9 Å². The molecule has 0 atom stereocenters. The van der Waals surface area contributed by atoms with Crippen molar-refractivity contribution in [1.82, 2.24) is 25.4 Å². The van der Waals surface area contributed by atoms with Gasteiger partial charge in [-0.05, 0) is 41.4 Å². The second-order valence-corrected chi connectivity index (χ2v) is 4.01. The lowest BCUT2D eigenvalue weighted by Crippen LogP contribution is -2.26. The Morgan fingerprint density at radius 2 is 2.33 bits per heavy atom. The molecule has 2 rings (SSSR count). The van der Waals surface area contributed by atoms with Gasteiger partial charge in [0.1, 0.15) is 0 Å². The molecular weight excluding hydrogens is 232 g/mol. The van der Waals surface area contributed by atoms with Gasteiger partial charge in [0.2, 0.25) is 5.91 Å². The second-order valence-electron chi connectivity index (χ2n) is 4.01. The summed E-state index contributed by atoms with van der Waals surface area (Å²) in [5.74, 6) is 0.0453. The van der Waals surface area contributed by atoms with Crippen LogP contribution in [0.3, 0.4) is 0 Å². The molecular formula is C11H16N6O. The Morgan fingerprint density at radius 3 is 3.17 bits per heavy atom. The summed E-state index contributed by atoms with van der Waals surface area (Å²) >= 11 is 0. The molecule has 0 spiro atoms. The van der Waals surface area contributed by atoms with E-state index in [1.807, 2.05) is 18.3 Å². The standard InChI is InChI=1S/C11H16N6O/c12-6-1-2-11(18)13-7-5-9-3-4-10-14-15-16-17(10)8-9/h3-4,8H,1-2,5-7,12H2,(H,13,18). The minimum absolute atomic E-state index is 0.0453. The number of nitrogens with one attached hydrogen (secondary N) is 1. The molecule has 2 aromatic heterocycles. The maximum atomic E-state index is 11.4. The third-order valence-electron chi connectivity index (χ3n) is 2.60. The van der Waals surface area contributed by atoms with Gasteiger partial charge in [0, 0.05) is 19.2 Å². The van der Waals surface area contributed by atoms with Gasteiger partial charge in [-0.1, -0.05) is 6.07 Å². The average molecular weight is 248 g/mol. The van der Waals surface area contributed by atoms with Gasteiger partial charge >= 0.3 is 0 Å². The van der Waals surface area contributed by atoms with Crippen LogP contribution >= 0.6 is 0 Å². The Balaban J connectivity index is 1.81. The number of nitrogens with zero attached hydrogens (tertiary/aromatic N) is 4. The first-order chi connectivity index (χ1) is 8.79. The van der Waals surface area contributed by atoms with Gasteiger partial charge < -0.3 is 11.1 Å². The smallest absolute Gasteiger partial charge is 0.220 e. The Hall–Kier alpha value is -2.02. The predicted octanol–water partition coefficient (Wildman–Crippen LogP) is -0.478. The molecule has 7 nitrogen and oxygen atoms in total. The molecule has 1 amide bonds. The molecule has 0 aliphatic heterocycles. The molecule has 2 heterocycles. The Bertz CT molecular complexity index is 523. The van der Waals surface area contributed by atoms with Crippen molar-refractivity contribution in [2.45, 2.75) is 19.3 Å². The fourth-order valence-electron chi connectivity index (χ4n) is 1.63. The molecule has 0 aliphatic rings. The number of hydrogen-bond acceptors (Lipinski definition) is 5. The summed E-state index contributed by atoms with van der Waals surface area (Å²) in [6, 6.07) is 3.81. The minimum Gasteiger partial charge on any atom is -0.356 e. The first kappa shape index (κ1) is 12.4. The van der Waals surface area contributed by atoms with Crippen molar-refractivity contribution >= 4 is 11.6 Å². The van der Waals surface area contributed by atoms with Crippen LogP contribution < -0.4 is 11.1 Å². The van der Waals surface area contributed by atoms with E-state index < -0.39 is 0 Å². The number of hydrogen-bond donors (Lipinski definition) is 2. The number of amides is 1. The van der Waals surface area contributed by atoms with Crippen LogP contribution in [0.1, 0.15) is 18.4 Å². The fourth-order valence-corrected chi connectivity index (χ4v) is 1.63. The number of aromatic nitrogens is 4. The van der Waals surface area contributed by atoms with Crippen LogP contribution in [0.4, 0.5) is 0 Å². The highest BCUT2D eigenvalue weighted by Crippen LogP contribution is 2.02. The number of fused-ring (bicyclic) bond motifs is 1. The van der Waals surface area contributed by atoms with Gasteiger partial charge in [-0.3, -0.25) is 4.79 Å². The van der Waals surface area contributed by atoms with Crippen molar-refractivity contribution in [3.63, 3.8) is 0 Å². The highest BCUT2D eigenvalue weighted by atomic mass is 16.1. The van der Waals surface area contributed by atoms with E-state index in [0.29, 0.717) is 25.2 Å². The molecule has 0 aliphatic carbocycles. The summed E-state index contributed by atoms with van der Waals surface area (Å²) in [7, 11) is 0. The maximum absolute atomic E-state index is 11.4. The lowest BCUT2D eigenvalue weighted by Gasteiger charge is -2.04. The normalized spacial score (nSPS) is 10.7. The second kappa shape index (κ2) is 6.06. The van der Waals surface area contributed by atoms with Crippen LogP contribution in [-0.4, -0.2) is 39.0 Å². The number of carbonyl (C=O) groups is 1. The van der Waals surface area contributed by atoms with Crippen LogP contribution in [0.15, 0.2) is 18.3 Å². The summed E-state index contributed by atoms with van der Waals surface area (Å²) in [5.41, 5.74) is 7.13. The van der Waals surface area contributed by atoms with Crippen LogP contribution in [0.2, 0.25) is 0 Å². The summed E-state index contributed by atoms with van der Waals surface area (Å²) in [5, 5.41) is 14.1. The first-order valence-electron chi connectivity index (χ1n) is 5.93. The van der Waals surface area contributed by atoms with E-state index in [-0.39, 0.29) is 5.91 Å². The Labute approximate surface area is 104 Å². The number of carbonyl (C=O) groups excluding carboxylic acids is 1. The van der Waals surface area contributed by atoms with Gasteiger partial charge in [-0.2, -0.15) is 0 Å². The molecule has 0 fully saturated rings. The van der Waals surface area contributed by atoms with Crippen LogP contribution in [0.5, 0.6) is 0 Å². The molecule has 0 unspecified atom stereocenters. The minimum atomic E-state index is 0.0453. The largest absolute Gasteiger partial charge is 0.356 e. The van der Waals surface area contributed by atoms with Crippen LogP contribution in [0.25, 0.3) is 5.65 Å². The highest BCUT2D eigenvalue weighted by Gasteiger charge is 2.01. The van der Waals surface area contributed by atoms with Gasteiger partial charge in [-0.15, -0.1) is 5.10 Å². The van der Waals surface area contributed by atoms with Crippen molar-refractivity contribution in [1.29, 1.82) is 0 Å². The third-order valence-corrected chi connectivity index (χ3v) is 2.60. The number of nitrogens with two attached hydrogens (primary N) is 1. The number of tetrazole rings is 1. The predicted molar refractivity (Wildman–Crippen MR) is 65.8 cm³/mol. The summed E-state index contributed by atoms with van der Waals surface area (Å²) < 4.78 is 1.62. The van der Waals surface area contributed by atoms with Crippen molar-refractivity contribution in [2.24, 2.45) is 5.73 Å². The van der Waals surface area contributed by atoms with Gasteiger partial charge in [0.15, 0.2) is 5.65 Å². The van der Waals surface area contributed by atoms with E-state index in [1.165, 1.54) is 0 Å². The van der Waals surface area contributed by atoms with Crippen molar-refractivity contribution < 1.29 is 4.79 Å². The molecule has 2 aromatic rings. The van der Waals surface area contributed by atoms with Gasteiger partial charge in [-0.25, -0.2) is 4.52 Å². The first-order valence-corrected chi connectivity index (χ1v) is 5.93. The zero-order valence-corrected chi connectivity index (χ0v) is 10.0. The highest BCUT2D eigenvalue weighted by molar-refractivity contribution is 5.75. The van der Waals surface area contributed by atoms with E-state index in [2.05, 4.69) is 20.8 Å². The molecule has 0 saturated carbocycles. The van der Waals surface area contributed by atoms with Gasteiger partial charge in [0.05, 0.1) is 0 Å². The fraction of sp³-hybridized carbons (Fsp3) is 0.455. The SMILES string of the molecule is NCCCC(=O)NCCc1ccc2nnnn2c1. The zero-order chi connectivity index (χ0) is 12.8. The van der Waals surface area contributed by atoms with Gasteiger partial charge in [0.25, 0.3) is 0 Å². The Kier molecular flexibility index (Phi) is 4.19. The molecule has 0 saturated heterocycles. The lowest BCUT2D eigenvalue weighted by molar-refractivity contribution is -0.121. The van der Waals surface area contributed by atoms with Crippen LogP contribution in [0, 0.1) is 0 Å². The maximum Gasteiger partial charge on any atom is 0.220 e. The molecule has 0 aromatic carbocycles. The van der Waals surface area contributed by atoms with Crippen molar-refractivity contribution in [2.75, 3.05) is 13.1 Å². The molecule has 3 N–H and O–H groups in total. The quantitative estimate of drug-likeness (QED) is 0.719. The van der Waals surface area contributed by atoms with E-state index in [1.54, 1.807) is 4.52 Å². The average Bonchev–Trinajstić information content (AvgIpc) is 2.83. The van der Waals surface area contributed by atoms with Crippen molar-refractivity contribution in [3.8, 4) is 0 Å². The zero-order valence-electron chi connectivity index (χ0n) is 10.0. The van der Waals surface area contributed by atoms with E-state index in [9.17, 15) is 4.79 Å². The van der Waals surface area contributed by atoms with Crippen LogP contribution in [-0.2, 0) is 11.2 Å². The summed E-state index contributed by atoms with van der Waals surface area (Å²) in [6.45, 7) is 1.15. The topological polar surface area (TPSA) is 98.2 Å². The monoisotopic (exact) mass is 248 g/mol. The molecule has 96 valence electrons. The lowest BCUT2D eigenvalue weighted by atomic mass is 10.2. The molecule has 18 heavy (non-hydrogen) atoms. The molecule has 0 bridgehead atoms. The molecule has 0 radical (unpaired) electrons. The van der Waals surface area contributed by atoms with E-state index in [4.69, 9.17) is 5.73 Å². The van der Waals surface area contributed by atoms with E-state index in [0.717, 1.165) is 18.4 Å². The Morgan fingerprint density at radius 1 is 1.44 bits per heavy atom. The summed E-state index contributed by atoms with van der Waals surface area (Å²) in [4.78, 5) is 11.4. The number of rotatable bonds is 6. The molecule has 7 heteroatoms. The summed E-state index contributed by atoms with van der Waals surface area (Å²) in [6.07, 6.45) is 3.83. The number of pyridine rings is 1. The third kappa shape index (κ3) is 3.24.